The predicted molar refractivity (Wildman–Crippen MR) is 99.7 cm³/mol. The molecule has 0 aromatic rings. The lowest BCUT2D eigenvalue weighted by atomic mass is 10.1. The summed E-state index contributed by atoms with van der Waals surface area (Å²) < 4.78 is 5.48. The number of hydrogen-bond donors (Lipinski definition) is 2. The number of ether oxygens (including phenoxy) is 1. The molecule has 3 aliphatic rings. The van der Waals surface area contributed by atoms with Crippen molar-refractivity contribution in [1.29, 1.82) is 0 Å². The third-order valence-corrected chi connectivity index (χ3v) is 5.61. The largest absolute Gasteiger partial charge is 0.462 e. The van der Waals surface area contributed by atoms with Gasteiger partial charge in [-0.25, -0.2) is 0 Å². The molecule has 142 valence electrons. The number of piperidine rings is 1. The van der Waals surface area contributed by atoms with Crippen molar-refractivity contribution >= 4 is 11.9 Å². The fraction of sp³-hybridized carbons (Fsp3) is 0.895. The quantitative estimate of drug-likeness (QED) is 0.318. The van der Waals surface area contributed by atoms with Gasteiger partial charge in [0.2, 0.25) is 0 Å². The molecule has 0 spiro atoms. The van der Waals surface area contributed by atoms with Crippen molar-refractivity contribution < 1.29 is 9.53 Å². The fourth-order valence-electron chi connectivity index (χ4n) is 3.93. The Balaban J connectivity index is 1.25. The van der Waals surface area contributed by atoms with E-state index in [0.717, 1.165) is 37.8 Å². The highest BCUT2D eigenvalue weighted by molar-refractivity contribution is 5.80. The first kappa shape index (κ1) is 18.5. The fourth-order valence-corrected chi connectivity index (χ4v) is 3.93. The minimum atomic E-state index is -0.0518. The number of guanidine groups is 1. The Kier molecular flexibility index (Phi) is 6.96. The van der Waals surface area contributed by atoms with E-state index in [9.17, 15) is 4.79 Å². The van der Waals surface area contributed by atoms with Crippen molar-refractivity contribution in [2.75, 3.05) is 26.7 Å². The topological polar surface area (TPSA) is 66.0 Å². The Hall–Kier alpha value is -1.30. The average molecular weight is 351 g/mol. The Bertz CT molecular complexity index is 450. The van der Waals surface area contributed by atoms with Gasteiger partial charge in [0.05, 0.1) is 0 Å². The van der Waals surface area contributed by atoms with Crippen LogP contribution in [0.3, 0.4) is 0 Å². The molecule has 0 unspecified atom stereocenters. The molecule has 0 aromatic carbocycles. The van der Waals surface area contributed by atoms with Crippen molar-refractivity contribution in [1.82, 2.24) is 15.5 Å². The maximum Gasteiger partial charge on any atom is 0.306 e. The van der Waals surface area contributed by atoms with Gasteiger partial charge in [-0.05, 0) is 57.8 Å². The van der Waals surface area contributed by atoms with Crippen LogP contribution in [0.5, 0.6) is 0 Å². The molecule has 0 atom stereocenters. The van der Waals surface area contributed by atoms with Crippen LogP contribution in [-0.4, -0.2) is 61.7 Å². The van der Waals surface area contributed by atoms with Crippen LogP contribution in [0.1, 0.15) is 64.2 Å². The third kappa shape index (κ3) is 6.17. The van der Waals surface area contributed by atoms with Gasteiger partial charge in [-0.1, -0.05) is 0 Å². The molecular formula is C19H34N4O2. The van der Waals surface area contributed by atoms with Crippen LogP contribution in [0.4, 0.5) is 0 Å². The molecule has 1 heterocycles. The van der Waals surface area contributed by atoms with Gasteiger partial charge in [0.25, 0.3) is 0 Å². The van der Waals surface area contributed by atoms with Gasteiger partial charge in [0, 0.05) is 45.2 Å². The van der Waals surface area contributed by atoms with E-state index < -0.39 is 0 Å². The second kappa shape index (κ2) is 9.41. The lowest BCUT2D eigenvalue weighted by Gasteiger charge is -2.33. The van der Waals surface area contributed by atoms with E-state index in [-0.39, 0.29) is 12.1 Å². The molecule has 0 amide bonds. The number of hydrogen-bond acceptors (Lipinski definition) is 4. The zero-order chi connectivity index (χ0) is 17.5. The number of likely N-dealkylation sites (tertiary alicyclic amines) is 1. The van der Waals surface area contributed by atoms with Crippen LogP contribution >= 0.6 is 0 Å². The SMILES string of the molecule is CN=C(NCCCC(=O)OC1CCCC1)NC1CCN(C2CC2)CC1. The molecule has 2 aliphatic carbocycles. The summed E-state index contributed by atoms with van der Waals surface area (Å²) in [5, 5.41) is 6.86. The van der Waals surface area contributed by atoms with E-state index in [1.165, 1.54) is 51.6 Å². The van der Waals surface area contributed by atoms with Gasteiger partial charge in [-0.2, -0.15) is 0 Å². The molecule has 0 radical (unpaired) electrons. The van der Waals surface area contributed by atoms with Crippen molar-refractivity contribution in [3.63, 3.8) is 0 Å². The van der Waals surface area contributed by atoms with E-state index in [0.29, 0.717) is 12.5 Å². The van der Waals surface area contributed by atoms with Crippen LogP contribution in [0, 0.1) is 0 Å². The maximum atomic E-state index is 11.8. The molecule has 0 bridgehead atoms. The normalized spacial score (nSPS) is 23.6. The number of nitrogens with zero attached hydrogens (tertiary/aromatic N) is 2. The third-order valence-electron chi connectivity index (χ3n) is 5.61. The molecular weight excluding hydrogens is 316 g/mol. The van der Waals surface area contributed by atoms with Gasteiger partial charge in [-0.15, -0.1) is 0 Å². The van der Waals surface area contributed by atoms with E-state index in [1.54, 1.807) is 0 Å². The first-order valence-corrected chi connectivity index (χ1v) is 10.2. The van der Waals surface area contributed by atoms with Crippen LogP contribution in [-0.2, 0) is 9.53 Å². The number of esters is 1. The lowest BCUT2D eigenvalue weighted by Crippen LogP contribution is -2.49. The van der Waals surface area contributed by atoms with Gasteiger partial charge >= 0.3 is 5.97 Å². The van der Waals surface area contributed by atoms with E-state index >= 15 is 0 Å². The summed E-state index contributed by atoms with van der Waals surface area (Å²) in [5.74, 6) is 0.804. The van der Waals surface area contributed by atoms with Crippen molar-refractivity contribution in [2.24, 2.45) is 4.99 Å². The summed E-state index contributed by atoms with van der Waals surface area (Å²) in [5.41, 5.74) is 0. The molecule has 2 N–H and O–H groups in total. The molecule has 1 aliphatic heterocycles. The first-order valence-electron chi connectivity index (χ1n) is 10.2. The Morgan fingerprint density at radius 2 is 1.84 bits per heavy atom. The molecule has 25 heavy (non-hydrogen) atoms. The molecule has 1 saturated heterocycles. The van der Waals surface area contributed by atoms with Gasteiger partial charge in [0.1, 0.15) is 6.10 Å². The first-order chi connectivity index (χ1) is 12.2. The van der Waals surface area contributed by atoms with E-state index in [4.69, 9.17) is 4.74 Å². The van der Waals surface area contributed by atoms with Crippen LogP contribution in [0.15, 0.2) is 4.99 Å². The number of carbonyl (C=O) groups excluding carboxylic acids is 1. The highest BCUT2D eigenvalue weighted by atomic mass is 16.5. The zero-order valence-electron chi connectivity index (χ0n) is 15.6. The Labute approximate surface area is 151 Å². The van der Waals surface area contributed by atoms with Gasteiger partial charge in [0.15, 0.2) is 5.96 Å². The van der Waals surface area contributed by atoms with Gasteiger partial charge in [-0.3, -0.25) is 9.79 Å². The predicted octanol–water partition coefficient (Wildman–Crippen LogP) is 2.04. The molecule has 3 rings (SSSR count). The summed E-state index contributed by atoms with van der Waals surface area (Å²) >= 11 is 0. The second-order valence-corrected chi connectivity index (χ2v) is 7.68. The molecule has 0 aromatic heterocycles. The van der Waals surface area contributed by atoms with Crippen LogP contribution in [0.25, 0.3) is 0 Å². The summed E-state index contributed by atoms with van der Waals surface area (Å²) in [6.07, 6.45) is 11.1. The summed E-state index contributed by atoms with van der Waals surface area (Å²) in [6.45, 7) is 3.15. The van der Waals surface area contributed by atoms with E-state index in [2.05, 4.69) is 20.5 Å². The van der Waals surface area contributed by atoms with Gasteiger partial charge < -0.3 is 20.3 Å². The minimum Gasteiger partial charge on any atom is -0.462 e. The molecule has 2 saturated carbocycles. The van der Waals surface area contributed by atoms with Crippen molar-refractivity contribution in [2.45, 2.75) is 82.4 Å². The zero-order valence-corrected chi connectivity index (χ0v) is 15.6. The standard InChI is InChI=1S/C19H34N4O2/c1-20-19(22-15-10-13-23(14-11-15)16-8-9-16)21-12-4-7-18(24)25-17-5-2-3-6-17/h15-17H,2-14H2,1H3,(H2,20,21,22). The van der Waals surface area contributed by atoms with Crippen molar-refractivity contribution in [3.05, 3.63) is 0 Å². The number of nitrogens with one attached hydrogen (secondary N) is 2. The Morgan fingerprint density at radius 3 is 2.48 bits per heavy atom. The minimum absolute atomic E-state index is 0.0518. The van der Waals surface area contributed by atoms with Crippen LogP contribution in [0.2, 0.25) is 0 Å². The number of rotatable bonds is 7. The molecule has 6 nitrogen and oxygen atoms in total. The summed E-state index contributed by atoms with van der Waals surface area (Å²) in [7, 11) is 1.81. The highest BCUT2D eigenvalue weighted by Gasteiger charge is 2.31. The summed E-state index contributed by atoms with van der Waals surface area (Å²) in [4.78, 5) is 18.8. The lowest BCUT2D eigenvalue weighted by molar-refractivity contribution is -0.148. The Morgan fingerprint density at radius 1 is 1.12 bits per heavy atom. The smallest absolute Gasteiger partial charge is 0.306 e. The monoisotopic (exact) mass is 350 g/mol. The maximum absolute atomic E-state index is 11.8. The highest BCUT2D eigenvalue weighted by Crippen LogP contribution is 2.29. The molecule has 6 heteroatoms. The van der Waals surface area contributed by atoms with E-state index in [1.807, 2.05) is 7.05 Å². The van der Waals surface area contributed by atoms with Crippen molar-refractivity contribution in [3.8, 4) is 0 Å². The molecule has 3 fully saturated rings. The number of aliphatic imine (C=N–C) groups is 1. The van der Waals surface area contributed by atoms with Crippen LogP contribution < -0.4 is 10.6 Å². The summed E-state index contributed by atoms with van der Waals surface area (Å²) in [6, 6.07) is 1.39. The second-order valence-electron chi connectivity index (χ2n) is 7.68. The number of carbonyl (C=O) groups is 1. The average Bonchev–Trinajstić information content (AvgIpc) is 3.36.